The summed E-state index contributed by atoms with van der Waals surface area (Å²) in [4.78, 5) is 9.87. The molecule has 0 amide bonds. The quantitative estimate of drug-likeness (QED) is 0.568. The molecular formula is C20H23N3O3S. The van der Waals surface area contributed by atoms with Crippen molar-refractivity contribution in [1.29, 1.82) is 0 Å². The molecule has 0 atom stereocenters. The van der Waals surface area contributed by atoms with Crippen molar-refractivity contribution < 1.29 is 14.2 Å². The third-order valence-corrected chi connectivity index (χ3v) is 5.12. The second-order valence-electron chi connectivity index (χ2n) is 5.77. The number of hydrogen-bond donors (Lipinski definition) is 1. The van der Waals surface area contributed by atoms with Crippen molar-refractivity contribution in [2.75, 3.05) is 27.9 Å². The highest BCUT2D eigenvalue weighted by atomic mass is 32.1. The fourth-order valence-corrected chi connectivity index (χ4v) is 3.60. The molecule has 0 fully saturated rings. The Hall–Kier alpha value is -2.64. The largest absolute Gasteiger partial charge is 0.496 e. The van der Waals surface area contributed by atoms with E-state index in [4.69, 9.17) is 14.2 Å². The minimum absolute atomic E-state index is 0.638. The molecule has 6 nitrogen and oxygen atoms in total. The first-order chi connectivity index (χ1) is 13.2. The van der Waals surface area contributed by atoms with Crippen LogP contribution in [-0.4, -0.2) is 37.8 Å². The summed E-state index contributed by atoms with van der Waals surface area (Å²) in [7, 11) is 4.88. The van der Waals surface area contributed by atoms with Crippen molar-refractivity contribution in [3.63, 3.8) is 0 Å². The molecule has 1 aromatic carbocycles. The zero-order chi connectivity index (χ0) is 19.1. The van der Waals surface area contributed by atoms with Gasteiger partial charge in [-0.3, -0.25) is 4.98 Å². The average Bonchev–Trinajstić information content (AvgIpc) is 3.19. The SMILES string of the molecule is COc1cc(OC)c(-c2cnc(CNCCc3ccccn3)s2)cc1OC. The smallest absolute Gasteiger partial charge is 0.164 e. The van der Waals surface area contributed by atoms with Gasteiger partial charge in [-0.25, -0.2) is 4.98 Å². The predicted octanol–water partition coefficient (Wildman–Crippen LogP) is 3.56. The number of benzene rings is 1. The van der Waals surface area contributed by atoms with E-state index >= 15 is 0 Å². The fourth-order valence-electron chi connectivity index (χ4n) is 2.70. The average molecular weight is 385 g/mol. The lowest BCUT2D eigenvalue weighted by Gasteiger charge is -2.12. The highest BCUT2D eigenvalue weighted by molar-refractivity contribution is 7.15. The van der Waals surface area contributed by atoms with Gasteiger partial charge in [0.05, 0.1) is 26.2 Å². The molecule has 7 heteroatoms. The van der Waals surface area contributed by atoms with Crippen LogP contribution in [0.3, 0.4) is 0 Å². The number of nitrogens with zero attached hydrogens (tertiary/aromatic N) is 2. The maximum Gasteiger partial charge on any atom is 0.164 e. The zero-order valence-corrected chi connectivity index (χ0v) is 16.5. The monoisotopic (exact) mass is 385 g/mol. The van der Waals surface area contributed by atoms with Gasteiger partial charge in [-0.2, -0.15) is 0 Å². The molecule has 0 bridgehead atoms. The topological polar surface area (TPSA) is 65.5 Å². The Labute approximate surface area is 163 Å². The fraction of sp³-hybridized carbons (Fsp3) is 0.300. The van der Waals surface area contributed by atoms with E-state index in [-0.39, 0.29) is 0 Å². The van der Waals surface area contributed by atoms with Crippen LogP contribution >= 0.6 is 11.3 Å². The molecule has 0 saturated heterocycles. The molecule has 1 N–H and O–H groups in total. The molecule has 27 heavy (non-hydrogen) atoms. The normalized spacial score (nSPS) is 10.6. The van der Waals surface area contributed by atoms with E-state index < -0.39 is 0 Å². The summed E-state index contributed by atoms with van der Waals surface area (Å²) in [6.07, 6.45) is 4.58. The van der Waals surface area contributed by atoms with Gasteiger partial charge in [0.2, 0.25) is 0 Å². The molecule has 0 aliphatic carbocycles. The van der Waals surface area contributed by atoms with Gasteiger partial charge < -0.3 is 19.5 Å². The molecule has 3 aromatic rings. The number of ether oxygens (including phenoxy) is 3. The van der Waals surface area contributed by atoms with Crippen LogP contribution in [0.4, 0.5) is 0 Å². The van der Waals surface area contributed by atoms with E-state index in [1.807, 2.05) is 42.7 Å². The Balaban J connectivity index is 1.66. The first kappa shape index (κ1) is 19.1. The van der Waals surface area contributed by atoms with Crippen LogP contribution in [-0.2, 0) is 13.0 Å². The number of aromatic nitrogens is 2. The summed E-state index contributed by atoms with van der Waals surface area (Å²) in [5.41, 5.74) is 2.02. The number of rotatable bonds is 9. The van der Waals surface area contributed by atoms with Crippen LogP contribution in [0.25, 0.3) is 10.4 Å². The number of nitrogens with one attached hydrogen (secondary N) is 1. The van der Waals surface area contributed by atoms with Crippen LogP contribution in [0, 0.1) is 0 Å². The first-order valence-corrected chi connectivity index (χ1v) is 9.42. The standard InChI is InChI=1S/C20H23N3O3S/c1-24-16-11-18(26-3)17(25-2)10-15(16)19-12-23-20(27-19)13-21-9-7-14-6-4-5-8-22-14/h4-6,8,10-12,21H,7,9,13H2,1-3H3. The van der Waals surface area contributed by atoms with Gasteiger partial charge in [0.25, 0.3) is 0 Å². The number of hydrogen-bond acceptors (Lipinski definition) is 7. The van der Waals surface area contributed by atoms with Crippen molar-refractivity contribution in [3.05, 3.63) is 53.4 Å². The minimum Gasteiger partial charge on any atom is -0.496 e. The van der Waals surface area contributed by atoms with Crippen molar-refractivity contribution in [2.45, 2.75) is 13.0 Å². The van der Waals surface area contributed by atoms with E-state index in [2.05, 4.69) is 15.3 Å². The van der Waals surface area contributed by atoms with Crippen LogP contribution in [0.15, 0.2) is 42.7 Å². The molecule has 2 aromatic heterocycles. The Morgan fingerprint density at radius 3 is 2.44 bits per heavy atom. The summed E-state index contributed by atoms with van der Waals surface area (Å²) < 4.78 is 16.3. The van der Waals surface area contributed by atoms with Gasteiger partial charge in [-0.05, 0) is 18.2 Å². The molecule has 0 spiro atoms. The summed E-state index contributed by atoms with van der Waals surface area (Å²) in [5.74, 6) is 2.03. The lowest BCUT2D eigenvalue weighted by Crippen LogP contribution is -2.16. The van der Waals surface area contributed by atoms with Gasteiger partial charge in [0, 0.05) is 49.2 Å². The van der Waals surface area contributed by atoms with Crippen LogP contribution in [0.1, 0.15) is 10.7 Å². The minimum atomic E-state index is 0.638. The van der Waals surface area contributed by atoms with E-state index in [9.17, 15) is 0 Å². The molecule has 3 rings (SSSR count). The summed E-state index contributed by atoms with van der Waals surface area (Å²) >= 11 is 1.63. The lowest BCUT2D eigenvalue weighted by atomic mass is 10.1. The molecule has 142 valence electrons. The predicted molar refractivity (Wildman–Crippen MR) is 107 cm³/mol. The maximum absolute atomic E-state index is 5.52. The number of pyridine rings is 1. The van der Waals surface area contributed by atoms with Crippen molar-refractivity contribution in [2.24, 2.45) is 0 Å². The second-order valence-corrected chi connectivity index (χ2v) is 6.89. The van der Waals surface area contributed by atoms with Gasteiger partial charge in [-0.15, -0.1) is 11.3 Å². The van der Waals surface area contributed by atoms with Crippen molar-refractivity contribution in [3.8, 4) is 27.7 Å². The Kier molecular flexibility index (Phi) is 6.62. The molecule has 2 heterocycles. The summed E-state index contributed by atoms with van der Waals surface area (Å²) in [6.45, 7) is 1.57. The van der Waals surface area contributed by atoms with E-state index in [0.717, 1.165) is 39.9 Å². The van der Waals surface area contributed by atoms with Gasteiger partial charge in [-0.1, -0.05) is 6.07 Å². The zero-order valence-electron chi connectivity index (χ0n) is 15.7. The first-order valence-electron chi connectivity index (χ1n) is 8.61. The van der Waals surface area contributed by atoms with Gasteiger partial charge >= 0.3 is 0 Å². The summed E-state index contributed by atoms with van der Waals surface area (Å²) in [6, 6.07) is 9.72. The van der Waals surface area contributed by atoms with E-state index in [1.54, 1.807) is 32.7 Å². The van der Waals surface area contributed by atoms with Gasteiger partial charge in [0.15, 0.2) is 11.5 Å². The number of methoxy groups -OCH3 is 3. The van der Waals surface area contributed by atoms with Crippen molar-refractivity contribution in [1.82, 2.24) is 15.3 Å². The van der Waals surface area contributed by atoms with Gasteiger partial charge in [0.1, 0.15) is 10.8 Å². The second kappa shape index (κ2) is 9.34. The van der Waals surface area contributed by atoms with Crippen LogP contribution < -0.4 is 19.5 Å². The van der Waals surface area contributed by atoms with E-state index in [0.29, 0.717) is 18.0 Å². The highest BCUT2D eigenvalue weighted by Gasteiger charge is 2.15. The van der Waals surface area contributed by atoms with Crippen LogP contribution in [0.2, 0.25) is 0 Å². The maximum atomic E-state index is 5.52. The number of thiazole rings is 1. The summed E-state index contributed by atoms with van der Waals surface area (Å²) in [5, 5.41) is 4.43. The molecule has 0 unspecified atom stereocenters. The Morgan fingerprint density at radius 2 is 1.74 bits per heavy atom. The van der Waals surface area contributed by atoms with Crippen molar-refractivity contribution >= 4 is 11.3 Å². The molecular weight excluding hydrogens is 362 g/mol. The molecule has 0 aliphatic rings. The molecule has 0 aliphatic heterocycles. The van der Waals surface area contributed by atoms with E-state index in [1.165, 1.54) is 0 Å². The molecule has 0 saturated carbocycles. The Morgan fingerprint density at radius 1 is 0.963 bits per heavy atom. The van der Waals surface area contributed by atoms with Crippen LogP contribution in [0.5, 0.6) is 17.2 Å². The third-order valence-electron chi connectivity index (χ3n) is 4.08. The Bertz CT molecular complexity index is 868. The molecule has 0 radical (unpaired) electrons. The lowest BCUT2D eigenvalue weighted by molar-refractivity contribution is 0.349. The third kappa shape index (κ3) is 4.75. The highest BCUT2D eigenvalue weighted by Crippen LogP contribution is 2.41.